The van der Waals surface area contributed by atoms with E-state index < -0.39 is 0 Å². The average Bonchev–Trinajstić information content (AvgIpc) is 2.72. The monoisotopic (exact) mass is 564 g/mol. The largest absolute Gasteiger partial charge is 0.493 e. The first-order valence-electron chi connectivity index (χ1n) is 8.69. The van der Waals surface area contributed by atoms with Crippen LogP contribution in [0.1, 0.15) is 21.5 Å². The maximum absolute atomic E-state index is 12.4. The molecule has 3 aromatic rings. The molecule has 0 spiro atoms. The third-order valence-electron chi connectivity index (χ3n) is 3.94. The molecule has 0 saturated heterocycles. The average molecular weight is 565 g/mol. The Morgan fingerprint density at radius 1 is 1.10 bits per heavy atom. The molecule has 1 N–H and O–H groups in total. The molecule has 0 saturated carbocycles. The molecule has 0 unspecified atom stereocenters. The second-order valence-electron chi connectivity index (χ2n) is 6.04. The molecule has 29 heavy (non-hydrogen) atoms. The Hall–Kier alpha value is -2.39. The summed E-state index contributed by atoms with van der Waals surface area (Å²) in [5.41, 5.74) is 4.89. The number of methoxy groups -OCH3 is 1. The van der Waals surface area contributed by atoms with Crippen LogP contribution < -0.4 is 14.9 Å². The molecule has 0 bridgehead atoms. The van der Waals surface area contributed by atoms with E-state index in [0.717, 1.165) is 19.2 Å². The van der Waals surface area contributed by atoms with Crippen molar-refractivity contribution in [1.82, 2.24) is 5.43 Å². The fourth-order valence-electron chi connectivity index (χ4n) is 2.53. The zero-order chi connectivity index (χ0) is 20.6. The fraction of sp³-hybridized carbons (Fsp3) is 0.0909. The molecular weight excluding hydrogens is 547 g/mol. The van der Waals surface area contributed by atoms with Crippen molar-refractivity contribution in [2.24, 2.45) is 5.10 Å². The van der Waals surface area contributed by atoms with Crippen LogP contribution in [-0.2, 0) is 6.61 Å². The molecule has 0 aromatic heterocycles. The zero-order valence-corrected chi connectivity index (χ0v) is 19.3. The number of benzene rings is 3. The molecule has 3 rings (SSSR count). The summed E-state index contributed by atoms with van der Waals surface area (Å²) in [7, 11) is 1.54. The second-order valence-corrected chi connectivity index (χ2v) is 8.20. The van der Waals surface area contributed by atoms with Crippen molar-refractivity contribution >= 4 is 50.6 Å². The Morgan fingerprint density at radius 2 is 1.93 bits per heavy atom. The maximum atomic E-state index is 12.4. The van der Waals surface area contributed by atoms with Gasteiger partial charge in [-0.2, -0.15) is 5.10 Å². The van der Waals surface area contributed by atoms with E-state index in [2.05, 4.69) is 49.0 Å². The molecule has 148 valence electrons. The number of rotatable bonds is 7. The van der Waals surface area contributed by atoms with Crippen molar-refractivity contribution in [2.45, 2.75) is 6.61 Å². The van der Waals surface area contributed by atoms with Crippen LogP contribution in [0.25, 0.3) is 0 Å². The molecule has 0 aliphatic carbocycles. The summed E-state index contributed by atoms with van der Waals surface area (Å²) in [4.78, 5) is 12.4. The van der Waals surface area contributed by atoms with Gasteiger partial charge in [-0.05, 0) is 76.2 Å². The minimum Gasteiger partial charge on any atom is -0.493 e. The van der Waals surface area contributed by atoms with Crippen molar-refractivity contribution < 1.29 is 14.3 Å². The maximum Gasteiger partial charge on any atom is 0.271 e. The SMILES string of the molecule is COc1cc(C(=O)N/N=C/c2cccc(I)c2)ccc1OCc1cccc(Br)c1. The van der Waals surface area contributed by atoms with Gasteiger partial charge in [-0.3, -0.25) is 4.79 Å². The van der Waals surface area contributed by atoms with Crippen molar-refractivity contribution in [3.05, 3.63) is 91.5 Å². The van der Waals surface area contributed by atoms with Crippen LogP contribution in [0.5, 0.6) is 11.5 Å². The van der Waals surface area contributed by atoms with Gasteiger partial charge in [0.15, 0.2) is 11.5 Å². The van der Waals surface area contributed by atoms with E-state index in [1.165, 1.54) is 7.11 Å². The molecule has 0 aliphatic heterocycles. The first-order valence-corrected chi connectivity index (χ1v) is 10.6. The normalized spacial score (nSPS) is 10.7. The number of nitrogens with one attached hydrogen (secondary N) is 1. The lowest BCUT2D eigenvalue weighted by Gasteiger charge is -2.12. The summed E-state index contributed by atoms with van der Waals surface area (Å²) >= 11 is 5.67. The van der Waals surface area contributed by atoms with Crippen LogP contribution in [-0.4, -0.2) is 19.2 Å². The summed E-state index contributed by atoms with van der Waals surface area (Å²) in [5.74, 6) is 0.712. The molecule has 0 aliphatic rings. The van der Waals surface area contributed by atoms with Gasteiger partial charge in [-0.1, -0.05) is 40.2 Å². The summed E-state index contributed by atoms with van der Waals surface area (Å²) in [6.45, 7) is 0.390. The van der Waals surface area contributed by atoms with E-state index >= 15 is 0 Å². The lowest BCUT2D eigenvalue weighted by Crippen LogP contribution is -2.17. The highest BCUT2D eigenvalue weighted by atomic mass is 127. The lowest BCUT2D eigenvalue weighted by molar-refractivity contribution is 0.0954. The standard InChI is InChI=1S/C22H18BrIN2O3/c1-28-21-12-17(22(27)26-25-13-15-4-3-7-19(24)11-15)8-9-20(21)29-14-16-5-2-6-18(23)10-16/h2-13H,14H2,1H3,(H,26,27)/b25-13+. The number of amides is 1. The van der Waals surface area contributed by atoms with Crippen molar-refractivity contribution in [1.29, 1.82) is 0 Å². The summed E-state index contributed by atoms with van der Waals surface area (Å²) in [6, 6.07) is 20.7. The van der Waals surface area contributed by atoms with Crippen LogP contribution in [0.2, 0.25) is 0 Å². The molecule has 7 heteroatoms. The van der Waals surface area contributed by atoms with Gasteiger partial charge in [0.05, 0.1) is 13.3 Å². The number of hydrogen-bond acceptors (Lipinski definition) is 4. The first-order chi connectivity index (χ1) is 14.0. The van der Waals surface area contributed by atoms with Crippen LogP contribution in [0, 0.1) is 3.57 Å². The molecule has 0 heterocycles. The number of hydrazone groups is 1. The number of carbonyl (C=O) groups excluding carboxylic acids is 1. The van der Waals surface area contributed by atoms with Crippen LogP contribution in [0.4, 0.5) is 0 Å². The van der Waals surface area contributed by atoms with Gasteiger partial charge in [0.25, 0.3) is 5.91 Å². The van der Waals surface area contributed by atoms with E-state index in [1.54, 1.807) is 24.4 Å². The molecule has 0 fully saturated rings. The van der Waals surface area contributed by atoms with Gasteiger partial charge < -0.3 is 9.47 Å². The molecule has 0 atom stereocenters. The zero-order valence-electron chi connectivity index (χ0n) is 15.6. The summed E-state index contributed by atoms with van der Waals surface area (Å²) in [5, 5.41) is 4.02. The molecule has 0 radical (unpaired) electrons. The van der Waals surface area contributed by atoms with E-state index in [-0.39, 0.29) is 5.91 Å². The quantitative estimate of drug-likeness (QED) is 0.237. The first kappa shape index (κ1) is 21.3. The van der Waals surface area contributed by atoms with Crippen molar-refractivity contribution in [3.8, 4) is 11.5 Å². The Bertz CT molecular complexity index is 1040. The van der Waals surface area contributed by atoms with E-state index in [0.29, 0.717) is 23.7 Å². The minimum atomic E-state index is -0.330. The van der Waals surface area contributed by atoms with Gasteiger partial charge in [0.2, 0.25) is 0 Å². The van der Waals surface area contributed by atoms with Crippen LogP contribution >= 0.6 is 38.5 Å². The third kappa shape index (κ3) is 6.30. The van der Waals surface area contributed by atoms with Gasteiger partial charge >= 0.3 is 0 Å². The second kappa shape index (κ2) is 10.4. The highest BCUT2D eigenvalue weighted by Crippen LogP contribution is 2.29. The van der Waals surface area contributed by atoms with Gasteiger partial charge in [0, 0.05) is 13.6 Å². The molecular formula is C22H18BrIN2O3. The Balaban J connectivity index is 1.64. The highest BCUT2D eigenvalue weighted by molar-refractivity contribution is 14.1. The predicted molar refractivity (Wildman–Crippen MR) is 126 cm³/mol. The van der Waals surface area contributed by atoms with Gasteiger partial charge in [-0.25, -0.2) is 5.43 Å². The van der Waals surface area contributed by atoms with E-state index in [1.807, 2.05) is 48.5 Å². The van der Waals surface area contributed by atoms with Gasteiger partial charge in [0.1, 0.15) is 6.61 Å². The number of ether oxygens (including phenoxy) is 2. The highest BCUT2D eigenvalue weighted by Gasteiger charge is 2.11. The molecule has 5 nitrogen and oxygen atoms in total. The summed E-state index contributed by atoms with van der Waals surface area (Å²) < 4.78 is 13.3. The van der Waals surface area contributed by atoms with Crippen LogP contribution in [0.3, 0.4) is 0 Å². The Kier molecular flexibility index (Phi) is 7.65. The number of nitrogens with zero attached hydrogens (tertiary/aromatic N) is 1. The molecule has 1 amide bonds. The number of halogens is 2. The Morgan fingerprint density at radius 3 is 2.69 bits per heavy atom. The minimum absolute atomic E-state index is 0.330. The van der Waals surface area contributed by atoms with Crippen molar-refractivity contribution in [3.63, 3.8) is 0 Å². The number of hydrogen-bond donors (Lipinski definition) is 1. The lowest BCUT2D eigenvalue weighted by atomic mass is 10.2. The van der Waals surface area contributed by atoms with Gasteiger partial charge in [-0.15, -0.1) is 0 Å². The van der Waals surface area contributed by atoms with Crippen molar-refractivity contribution in [2.75, 3.05) is 7.11 Å². The smallest absolute Gasteiger partial charge is 0.271 e. The topological polar surface area (TPSA) is 59.9 Å². The molecule has 3 aromatic carbocycles. The Labute approximate surface area is 191 Å². The third-order valence-corrected chi connectivity index (χ3v) is 5.10. The summed E-state index contributed by atoms with van der Waals surface area (Å²) in [6.07, 6.45) is 1.60. The van der Waals surface area contributed by atoms with Crippen LogP contribution in [0.15, 0.2) is 76.3 Å². The fourth-order valence-corrected chi connectivity index (χ4v) is 3.55. The predicted octanol–water partition coefficient (Wildman–Crippen LogP) is 5.41. The van der Waals surface area contributed by atoms with E-state index in [4.69, 9.17) is 9.47 Å². The van der Waals surface area contributed by atoms with E-state index in [9.17, 15) is 4.79 Å². The number of carbonyl (C=O) groups is 1.